The zero-order valence-corrected chi connectivity index (χ0v) is 7.32. The summed E-state index contributed by atoms with van der Waals surface area (Å²) in [6.45, 7) is 0. The summed E-state index contributed by atoms with van der Waals surface area (Å²) in [6, 6.07) is 0. The molecule has 0 bridgehead atoms. The van der Waals surface area contributed by atoms with Gasteiger partial charge in [0.05, 0.1) is 0 Å². The summed E-state index contributed by atoms with van der Waals surface area (Å²) < 4.78 is 0. The van der Waals surface area contributed by atoms with E-state index in [0.717, 1.165) is 25.7 Å². The molecule has 1 amide bonds. The van der Waals surface area contributed by atoms with E-state index in [1.807, 2.05) is 0 Å². The summed E-state index contributed by atoms with van der Waals surface area (Å²) in [7, 11) is 0. The molecule has 0 radical (unpaired) electrons. The molecular formula is C7H15ClN2O. The number of carbonyl (C=O) groups excluding carboxylic acids is 1. The molecule has 0 aromatic rings. The first-order valence-corrected chi connectivity index (χ1v) is 3.70. The molecule has 66 valence electrons. The summed E-state index contributed by atoms with van der Waals surface area (Å²) in [5.41, 5.74) is 10.6. The van der Waals surface area contributed by atoms with Crippen LogP contribution in [0.1, 0.15) is 32.1 Å². The highest BCUT2D eigenvalue weighted by Gasteiger charge is 2.30. The van der Waals surface area contributed by atoms with Crippen LogP contribution >= 0.6 is 12.4 Å². The number of nitrogens with two attached hydrogens (primary N) is 2. The van der Waals surface area contributed by atoms with Crippen LogP contribution in [-0.4, -0.2) is 11.4 Å². The van der Waals surface area contributed by atoms with E-state index in [-0.39, 0.29) is 23.9 Å². The highest BCUT2D eigenvalue weighted by atomic mass is 35.5. The van der Waals surface area contributed by atoms with Gasteiger partial charge < -0.3 is 11.5 Å². The van der Waals surface area contributed by atoms with Crippen molar-refractivity contribution in [3.63, 3.8) is 0 Å². The van der Waals surface area contributed by atoms with Crippen LogP contribution in [0.3, 0.4) is 0 Å². The lowest BCUT2D eigenvalue weighted by molar-refractivity contribution is -0.119. The lowest BCUT2D eigenvalue weighted by Crippen LogP contribution is -2.40. The van der Waals surface area contributed by atoms with Gasteiger partial charge in [0.2, 0.25) is 5.91 Å². The first-order valence-electron chi connectivity index (χ1n) is 3.70. The fraction of sp³-hybridized carbons (Fsp3) is 0.857. The topological polar surface area (TPSA) is 69.1 Å². The lowest BCUT2D eigenvalue weighted by atomic mass is 9.95. The van der Waals surface area contributed by atoms with Gasteiger partial charge in [-0.25, -0.2) is 0 Å². The van der Waals surface area contributed by atoms with Crippen molar-refractivity contribution in [1.29, 1.82) is 0 Å². The summed E-state index contributed by atoms with van der Waals surface area (Å²) in [6.07, 6.45) is 4.55. The lowest BCUT2D eigenvalue weighted by Gasteiger charge is -2.20. The third-order valence-electron chi connectivity index (χ3n) is 2.13. The largest absolute Gasteiger partial charge is 0.370 e. The zero-order valence-electron chi connectivity index (χ0n) is 6.51. The van der Waals surface area contributed by atoms with Gasteiger partial charge in [-0.1, -0.05) is 12.8 Å². The summed E-state index contributed by atoms with van der Waals surface area (Å²) >= 11 is 0. The van der Waals surface area contributed by atoms with E-state index in [0.29, 0.717) is 6.42 Å². The Labute approximate surface area is 72.9 Å². The van der Waals surface area contributed by atoms with Crippen LogP contribution in [0.4, 0.5) is 0 Å². The Balaban J connectivity index is 0.000001000. The maximum atomic E-state index is 10.5. The maximum Gasteiger partial charge on any atom is 0.219 e. The summed E-state index contributed by atoms with van der Waals surface area (Å²) in [4.78, 5) is 10.5. The van der Waals surface area contributed by atoms with Crippen LogP contribution in [0.15, 0.2) is 0 Å². The number of amides is 1. The van der Waals surface area contributed by atoms with Crippen LogP contribution < -0.4 is 11.5 Å². The van der Waals surface area contributed by atoms with E-state index in [4.69, 9.17) is 11.5 Å². The van der Waals surface area contributed by atoms with Crippen molar-refractivity contribution >= 4 is 18.3 Å². The predicted octanol–water partition coefficient (Wildman–Crippen LogP) is 0.555. The highest BCUT2D eigenvalue weighted by Crippen LogP contribution is 2.29. The highest BCUT2D eigenvalue weighted by molar-refractivity contribution is 5.85. The monoisotopic (exact) mass is 178 g/mol. The smallest absolute Gasteiger partial charge is 0.219 e. The Morgan fingerprint density at radius 3 is 2.18 bits per heavy atom. The Morgan fingerprint density at radius 2 is 1.82 bits per heavy atom. The molecular weight excluding hydrogens is 164 g/mol. The second-order valence-electron chi connectivity index (χ2n) is 3.21. The van der Waals surface area contributed by atoms with Gasteiger partial charge in [0.25, 0.3) is 0 Å². The minimum atomic E-state index is -0.274. The van der Waals surface area contributed by atoms with E-state index in [1.165, 1.54) is 0 Å². The molecule has 1 aliphatic rings. The van der Waals surface area contributed by atoms with Gasteiger partial charge in [0.15, 0.2) is 0 Å². The molecule has 0 heterocycles. The number of rotatable bonds is 2. The van der Waals surface area contributed by atoms with E-state index < -0.39 is 0 Å². The Bertz CT molecular complexity index is 143. The van der Waals surface area contributed by atoms with Gasteiger partial charge in [0.1, 0.15) is 0 Å². The molecule has 0 atom stereocenters. The zero-order chi connectivity index (χ0) is 7.61. The fourth-order valence-corrected chi connectivity index (χ4v) is 1.60. The molecule has 11 heavy (non-hydrogen) atoms. The van der Waals surface area contributed by atoms with Gasteiger partial charge in [0, 0.05) is 12.0 Å². The van der Waals surface area contributed by atoms with Gasteiger partial charge in [-0.2, -0.15) is 0 Å². The number of carbonyl (C=O) groups is 1. The second-order valence-corrected chi connectivity index (χ2v) is 3.21. The molecule has 1 fully saturated rings. The molecule has 0 aromatic carbocycles. The summed E-state index contributed by atoms with van der Waals surface area (Å²) in [5, 5.41) is 0. The standard InChI is InChI=1S/C7H14N2O.ClH/c8-6(10)5-7(9)3-1-2-4-7;/h1-5,9H2,(H2,8,10);1H. The van der Waals surface area contributed by atoms with Crippen LogP contribution in [0.25, 0.3) is 0 Å². The third-order valence-corrected chi connectivity index (χ3v) is 2.13. The molecule has 4 N–H and O–H groups in total. The number of halogens is 1. The quantitative estimate of drug-likeness (QED) is 0.649. The molecule has 0 unspecified atom stereocenters. The van der Waals surface area contributed by atoms with Crippen LogP contribution in [0.5, 0.6) is 0 Å². The van der Waals surface area contributed by atoms with E-state index >= 15 is 0 Å². The molecule has 1 aliphatic carbocycles. The average molecular weight is 179 g/mol. The van der Waals surface area contributed by atoms with Gasteiger partial charge in [-0.15, -0.1) is 12.4 Å². The number of hydrogen-bond acceptors (Lipinski definition) is 2. The first-order chi connectivity index (χ1) is 4.62. The molecule has 1 saturated carbocycles. The Kier molecular flexibility index (Phi) is 3.83. The molecule has 0 aromatic heterocycles. The van der Waals surface area contributed by atoms with Gasteiger partial charge in [-0.3, -0.25) is 4.79 Å². The van der Waals surface area contributed by atoms with Crippen molar-refractivity contribution in [3.05, 3.63) is 0 Å². The summed E-state index contributed by atoms with van der Waals surface area (Å²) in [5.74, 6) is -0.274. The van der Waals surface area contributed by atoms with Crippen LogP contribution in [0, 0.1) is 0 Å². The first kappa shape index (κ1) is 10.7. The van der Waals surface area contributed by atoms with Crippen molar-refractivity contribution in [1.82, 2.24) is 0 Å². The SMILES string of the molecule is Cl.NC(=O)CC1(N)CCCC1. The van der Waals surface area contributed by atoms with Gasteiger partial charge >= 0.3 is 0 Å². The van der Waals surface area contributed by atoms with Crippen molar-refractivity contribution in [3.8, 4) is 0 Å². The molecule has 0 aliphatic heterocycles. The van der Waals surface area contributed by atoms with Crippen molar-refractivity contribution in [2.75, 3.05) is 0 Å². The molecule has 1 rings (SSSR count). The maximum absolute atomic E-state index is 10.5. The molecule has 4 heteroatoms. The van der Waals surface area contributed by atoms with Crippen molar-refractivity contribution < 1.29 is 4.79 Å². The molecule has 0 saturated heterocycles. The fourth-order valence-electron chi connectivity index (χ4n) is 1.60. The van der Waals surface area contributed by atoms with Crippen LogP contribution in [-0.2, 0) is 4.79 Å². The van der Waals surface area contributed by atoms with Crippen molar-refractivity contribution in [2.45, 2.75) is 37.6 Å². The minimum Gasteiger partial charge on any atom is -0.370 e. The molecule has 3 nitrogen and oxygen atoms in total. The minimum absolute atomic E-state index is 0. The number of hydrogen-bond donors (Lipinski definition) is 2. The van der Waals surface area contributed by atoms with E-state index in [1.54, 1.807) is 0 Å². The Hall–Kier alpha value is -0.280. The van der Waals surface area contributed by atoms with Crippen molar-refractivity contribution in [2.24, 2.45) is 11.5 Å². The van der Waals surface area contributed by atoms with Crippen LogP contribution in [0.2, 0.25) is 0 Å². The second kappa shape index (κ2) is 3.93. The van der Waals surface area contributed by atoms with E-state index in [9.17, 15) is 4.79 Å². The van der Waals surface area contributed by atoms with E-state index in [2.05, 4.69) is 0 Å². The normalized spacial score (nSPS) is 20.8. The number of primary amides is 1. The average Bonchev–Trinajstić information content (AvgIpc) is 2.12. The Morgan fingerprint density at radius 1 is 1.36 bits per heavy atom. The van der Waals surface area contributed by atoms with Gasteiger partial charge in [-0.05, 0) is 12.8 Å². The molecule has 0 spiro atoms. The predicted molar refractivity (Wildman–Crippen MR) is 46.4 cm³/mol. The third kappa shape index (κ3) is 3.08.